The van der Waals surface area contributed by atoms with Crippen molar-refractivity contribution in [3.05, 3.63) is 66.2 Å². The molecule has 0 aliphatic rings. The van der Waals surface area contributed by atoms with E-state index in [1.807, 2.05) is 31.2 Å². The van der Waals surface area contributed by atoms with Crippen LogP contribution in [0.25, 0.3) is 0 Å². The van der Waals surface area contributed by atoms with E-state index in [4.69, 9.17) is 11.6 Å². The molecule has 0 atom stereocenters. The zero-order valence-electron chi connectivity index (χ0n) is 9.51. The highest BCUT2D eigenvalue weighted by atomic mass is 127. The molecule has 2 aromatic carbocycles. The third-order valence-electron chi connectivity index (χ3n) is 2.61. The lowest BCUT2D eigenvalue weighted by atomic mass is 10.0. The molecule has 0 bridgehead atoms. The maximum atomic E-state index is 12.4. The number of carbonyl (C=O) groups is 1. The SMILES string of the molecule is Cc1ccc(C(=O)c2cc(Br)ccc2I)cc1Cl. The lowest BCUT2D eigenvalue weighted by molar-refractivity contribution is 0.103. The molecule has 0 fully saturated rings. The minimum Gasteiger partial charge on any atom is -0.289 e. The van der Waals surface area contributed by atoms with Gasteiger partial charge in [0, 0.05) is 24.2 Å². The Hall–Kier alpha value is -0.390. The number of aryl methyl sites for hydroxylation is 1. The Balaban J connectivity index is 2.47. The van der Waals surface area contributed by atoms with Crippen LogP contribution in [-0.2, 0) is 0 Å². The van der Waals surface area contributed by atoms with Crippen LogP contribution in [0.2, 0.25) is 5.02 Å². The van der Waals surface area contributed by atoms with Gasteiger partial charge in [-0.1, -0.05) is 39.7 Å². The first-order chi connectivity index (χ1) is 8.49. The second-order valence-electron chi connectivity index (χ2n) is 3.92. The summed E-state index contributed by atoms with van der Waals surface area (Å²) in [5, 5.41) is 0.617. The van der Waals surface area contributed by atoms with Crippen LogP contribution in [0.5, 0.6) is 0 Å². The van der Waals surface area contributed by atoms with Gasteiger partial charge in [0.05, 0.1) is 0 Å². The summed E-state index contributed by atoms with van der Waals surface area (Å²) in [4.78, 5) is 12.4. The van der Waals surface area contributed by atoms with Crippen LogP contribution in [0, 0.1) is 10.5 Å². The molecule has 0 unspecified atom stereocenters. The van der Waals surface area contributed by atoms with Gasteiger partial charge in [-0.3, -0.25) is 4.79 Å². The molecular formula is C14H9BrClIO. The summed E-state index contributed by atoms with van der Waals surface area (Å²) < 4.78 is 1.82. The zero-order valence-corrected chi connectivity index (χ0v) is 14.0. The molecule has 2 rings (SSSR count). The summed E-state index contributed by atoms with van der Waals surface area (Å²) in [7, 11) is 0. The highest BCUT2D eigenvalue weighted by molar-refractivity contribution is 14.1. The average Bonchev–Trinajstić information content (AvgIpc) is 2.35. The van der Waals surface area contributed by atoms with Gasteiger partial charge in [0.1, 0.15) is 0 Å². The molecule has 0 N–H and O–H groups in total. The standard InChI is InChI=1S/C14H9BrClIO/c1-8-2-3-9(6-12(8)16)14(18)11-7-10(15)4-5-13(11)17/h2-7H,1H3. The van der Waals surface area contributed by atoms with Gasteiger partial charge in [-0.15, -0.1) is 0 Å². The number of rotatable bonds is 2. The van der Waals surface area contributed by atoms with Crippen molar-refractivity contribution >= 4 is 55.9 Å². The fourth-order valence-electron chi connectivity index (χ4n) is 1.56. The van der Waals surface area contributed by atoms with Crippen LogP contribution in [0.1, 0.15) is 21.5 Å². The first kappa shape index (κ1) is 14.0. The minimum absolute atomic E-state index is 0.0115. The molecule has 4 heteroatoms. The molecule has 18 heavy (non-hydrogen) atoms. The minimum atomic E-state index is -0.0115. The van der Waals surface area contributed by atoms with Gasteiger partial charge >= 0.3 is 0 Å². The highest BCUT2D eigenvalue weighted by Crippen LogP contribution is 2.23. The second-order valence-corrected chi connectivity index (χ2v) is 6.40. The van der Waals surface area contributed by atoms with E-state index >= 15 is 0 Å². The largest absolute Gasteiger partial charge is 0.289 e. The second kappa shape index (κ2) is 5.72. The molecule has 0 spiro atoms. The van der Waals surface area contributed by atoms with E-state index in [1.54, 1.807) is 12.1 Å². The van der Waals surface area contributed by atoms with Crippen molar-refractivity contribution in [1.82, 2.24) is 0 Å². The molecular weight excluding hydrogens is 426 g/mol. The molecule has 0 heterocycles. The molecule has 0 saturated heterocycles. The van der Waals surface area contributed by atoms with Crippen LogP contribution < -0.4 is 0 Å². The van der Waals surface area contributed by atoms with Crippen molar-refractivity contribution < 1.29 is 4.79 Å². The molecule has 92 valence electrons. The van der Waals surface area contributed by atoms with Gasteiger partial charge in [-0.25, -0.2) is 0 Å². The van der Waals surface area contributed by atoms with Crippen LogP contribution >= 0.6 is 50.1 Å². The number of ketones is 1. The fraction of sp³-hybridized carbons (Fsp3) is 0.0714. The van der Waals surface area contributed by atoms with E-state index in [1.165, 1.54) is 0 Å². The Morgan fingerprint density at radius 2 is 1.94 bits per heavy atom. The number of carbonyl (C=O) groups excluding carboxylic acids is 1. The Labute approximate surface area is 133 Å². The van der Waals surface area contributed by atoms with Crippen molar-refractivity contribution in [3.8, 4) is 0 Å². The van der Waals surface area contributed by atoms with Crippen LogP contribution in [0.15, 0.2) is 40.9 Å². The summed E-state index contributed by atoms with van der Waals surface area (Å²) in [5.74, 6) is -0.0115. The summed E-state index contributed by atoms with van der Waals surface area (Å²) >= 11 is 11.6. The van der Waals surface area contributed by atoms with Crippen LogP contribution in [-0.4, -0.2) is 5.78 Å². The molecule has 0 aliphatic carbocycles. The van der Waals surface area contributed by atoms with Gasteiger partial charge in [0.2, 0.25) is 0 Å². The summed E-state index contributed by atoms with van der Waals surface area (Å²) in [6, 6.07) is 11.0. The Morgan fingerprint density at radius 3 is 2.61 bits per heavy atom. The number of halogens is 3. The fourth-order valence-corrected chi connectivity index (χ4v) is 2.68. The summed E-state index contributed by atoms with van der Waals surface area (Å²) in [5.41, 5.74) is 2.27. The van der Waals surface area contributed by atoms with Gasteiger partial charge in [0.25, 0.3) is 0 Å². The molecule has 0 saturated carbocycles. The van der Waals surface area contributed by atoms with Crippen molar-refractivity contribution in [2.45, 2.75) is 6.92 Å². The van der Waals surface area contributed by atoms with Crippen molar-refractivity contribution in [2.75, 3.05) is 0 Å². The predicted molar refractivity (Wildman–Crippen MR) is 86.5 cm³/mol. The van der Waals surface area contributed by atoms with Crippen molar-refractivity contribution in [2.24, 2.45) is 0 Å². The zero-order chi connectivity index (χ0) is 13.3. The lowest BCUT2D eigenvalue weighted by Gasteiger charge is -2.06. The van der Waals surface area contributed by atoms with Crippen molar-refractivity contribution in [1.29, 1.82) is 0 Å². The monoisotopic (exact) mass is 434 g/mol. The van der Waals surface area contributed by atoms with E-state index in [0.717, 1.165) is 13.6 Å². The Kier molecular flexibility index (Phi) is 4.45. The van der Waals surface area contributed by atoms with E-state index in [9.17, 15) is 4.79 Å². The topological polar surface area (TPSA) is 17.1 Å². The number of hydrogen-bond donors (Lipinski definition) is 0. The average molecular weight is 435 g/mol. The summed E-state index contributed by atoms with van der Waals surface area (Å²) in [6.45, 7) is 1.92. The third-order valence-corrected chi connectivity index (χ3v) is 4.45. The lowest BCUT2D eigenvalue weighted by Crippen LogP contribution is -2.04. The van der Waals surface area contributed by atoms with Gasteiger partial charge in [-0.2, -0.15) is 0 Å². The molecule has 1 nitrogen and oxygen atoms in total. The van der Waals surface area contributed by atoms with Crippen LogP contribution in [0.4, 0.5) is 0 Å². The van der Waals surface area contributed by atoms with Gasteiger partial charge in [-0.05, 0) is 59.3 Å². The first-order valence-corrected chi connectivity index (χ1v) is 7.50. The third kappa shape index (κ3) is 2.95. The van der Waals surface area contributed by atoms with E-state index in [-0.39, 0.29) is 5.78 Å². The Bertz CT molecular complexity index is 625. The predicted octanol–water partition coefficient (Wildman–Crippen LogP) is 5.25. The number of benzene rings is 2. The quantitative estimate of drug-likeness (QED) is 0.465. The van der Waals surface area contributed by atoms with Crippen LogP contribution in [0.3, 0.4) is 0 Å². The molecule has 0 aliphatic heterocycles. The molecule has 0 radical (unpaired) electrons. The maximum absolute atomic E-state index is 12.4. The smallest absolute Gasteiger partial charge is 0.194 e. The van der Waals surface area contributed by atoms with E-state index in [0.29, 0.717) is 16.1 Å². The van der Waals surface area contributed by atoms with Gasteiger partial charge < -0.3 is 0 Å². The maximum Gasteiger partial charge on any atom is 0.194 e. The number of hydrogen-bond acceptors (Lipinski definition) is 1. The molecule has 0 amide bonds. The van der Waals surface area contributed by atoms with Crippen molar-refractivity contribution in [3.63, 3.8) is 0 Å². The first-order valence-electron chi connectivity index (χ1n) is 5.25. The molecule has 2 aromatic rings. The van der Waals surface area contributed by atoms with E-state index in [2.05, 4.69) is 38.5 Å². The van der Waals surface area contributed by atoms with E-state index < -0.39 is 0 Å². The summed E-state index contributed by atoms with van der Waals surface area (Å²) in [6.07, 6.45) is 0. The Morgan fingerprint density at radius 1 is 1.22 bits per heavy atom. The van der Waals surface area contributed by atoms with Gasteiger partial charge in [0.15, 0.2) is 5.78 Å². The highest BCUT2D eigenvalue weighted by Gasteiger charge is 2.13. The normalized spacial score (nSPS) is 10.4. The molecule has 0 aromatic heterocycles.